The summed E-state index contributed by atoms with van der Waals surface area (Å²) in [5, 5.41) is 9.84. The number of benzene rings is 1. The summed E-state index contributed by atoms with van der Waals surface area (Å²) in [6.07, 6.45) is 0. The summed E-state index contributed by atoms with van der Waals surface area (Å²) in [5.41, 5.74) is 0.989. The van der Waals surface area contributed by atoms with E-state index in [1.165, 1.54) is 3.58 Å². The van der Waals surface area contributed by atoms with E-state index in [0.29, 0.717) is 0 Å². The Morgan fingerprint density at radius 3 is 2.05 bits per heavy atom. The molecule has 5 heteroatoms. The van der Waals surface area contributed by atoms with E-state index < -0.39 is 26.7 Å². The van der Waals surface area contributed by atoms with Crippen molar-refractivity contribution in [1.29, 1.82) is 0 Å². The van der Waals surface area contributed by atoms with Crippen molar-refractivity contribution < 1.29 is 14.3 Å². The quantitative estimate of drug-likeness (QED) is 0.714. The number of aliphatic hydroxyl groups excluding tert-OH is 1. The van der Waals surface area contributed by atoms with Crippen molar-refractivity contribution in [2.24, 2.45) is 0 Å². The van der Waals surface area contributed by atoms with Crippen LogP contribution in [-0.4, -0.2) is 38.9 Å². The van der Waals surface area contributed by atoms with Crippen LogP contribution in [0.4, 0.5) is 0 Å². The average molecular weight is 431 g/mol. The molecule has 0 heterocycles. The molecule has 1 rings (SSSR count). The van der Waals surface area contributed by atoms with Crippen LogP contribution in [0.5, 0.6) is 11.5 Å². The summed E-state index contributed by atoms with van der Waals surface area (Å²) >= 11 is -2.45. The fourth-order valence-corrected chi connectivity index (χ4v) is 9.09. The monoisotopic (exact) mass is 432 g/mol. The Bertz CT molecular complexity index is 528. The molecular formula is C17H32O3SiSn. The SMILES string of the molecule is COc1c(O[Si](C)(C)C(C)(C)C)ccc(CO)[c]1[Sn]([CH3])([CH3])[CH3]. The third kappa shape index (κ3) is 4.20. The fourth-order valence-electron chi connectivity index (χ4n) is 2.27. The van der Waals surface area contributed by atoms with Crippen molar-refractivity contribution in [1.82, 2.24) is 0 Å². The number of methoxy groups -OCH3 is 1. The topological polar surface area (TPSA) is 38.7 Å². The Labute approximate surface area is 141 Å². The molecule has 0 aromatic heterocycles. The van der Waals surface area contributed by atoms with E-state index in [4.69, 9.17) is 9.16 Å². The van der Waals surface area contributed by atoms with Crippen LogP contribution in [0.3, 0.4) is 0 Å². The van der Waals surface area contributed by atoms with Crippen LogP contribution in [0.2, 0.25) is 33.0 Å². The van der Waals surface area contributed by atoms with Crippen LogP contribution in [-0.2, 0) is 6.61 Å². The van der Waals surface area contributed by atoms with E-state index in [2.05, 4.69) is 48.7 Å². The zero-order chi connectivity index (χ0) is 17.3. The molecule has 0 spiro atoms. The van der Waals surface area contributed by atoms with E-state index in [9.17, 15) is 5.11 Å². The van der Waals surface area contributed by atoms with E-state index >= 15 is 0 Å². The van der Waals surface area contributed by atoms with Gasteiger partial charge in [0.25, 0.3) is 0 Å². The molecule has 3 nitrogen and oxygen atoms in total. The normalized spacial score (nSPS) is 13.2. The molecule has 0 unspecified atom stereocenters. The van der Waals surface area contributed by atoms with Crippen molar-refractivity contribution >= 4 is 30.3 Å². The molecule has 0 saturated heterocycles. The van der Waals surface area contributed by atoms with Gasteiger partial charge in [0.2, 0.25) is 0 Å². The molecule has 0 fully saturated rings. The molecule has 0 atom stereocenters. The average Bonchev–Trinajstić information content (AvgIpc) is 2.35. The summed E-state index contributed by atoms with van der Waals surface area (Å²) in [6, 6.07) is 3.97. The first-order valence-electron chi connectivity index (χ1n) is 7.85. The molecule has 126 valence electrons. The predicted octanol–water partition coefficient (Wildman–Crippen LogP) is 4.12. The maximum absolute atomic E-state index is 9.70. The van der Waals surface area contributed by atoms with Gasteiger partial charge in [-0.05, 0) is 0 Å². The van der Waals surface area contributed by atoms with Crippen LogP contribution in [0.25, 0.3) is 0 Å². The molecule has 0 amide bonds. The molecule has 1 N–H and O–H groups in total. The second-order valence-electron chi connectivity index (χ2n) is 8.40. The second kappa shape index (κ2) is 6.73. The minimum absolute atomic E-state index is 0.0558. The molecule has 22 heavy (non-hydrogen) atoms. The maximum atomic E-state index is 9.70. The first kappa shape index (κ1) is 19.8. The van der Waals surface area contributed by atoms with Crippen LogP contribution >= 0.6 is 0 Å². The van der Waals surface area contributed by atoms with Gasteiger partial charge in [-0.25, -0.2) is 0 Å². The fraction of sp³-hybridized carbons (Fsp3) is 0.647. The van der Waals surface area contributed by atoms with Gasteiger partial charge in [0.05, 0.1) is 0 Å². The van der Waals surface area contributed by atoms with Crippen LogP contribution < -0.4 is 12.7 Å². The third-order valence-electron chi connectivity index (χ3n) is 4.50. The van der Waals surface area contributed by atoms with Crippen molar-refractivity contribution in [2.45, 2.75) is 60.3 Å². The minimum atomic E-state index is -2.45. The summed E-state index contributed by atoms with van der Waals surface area (Å²) in [7, 11) is -0.218. The van der Waals surface area contributed by atoms with Gasteiger partial charge in [0, 0.05) is 0 Å². The molecule has 0 saturated carbocycles. The Kier molecular flexibility index (Phi) is 6.07. The van der Waals surface area contributed by atoms with E-state index in [1.807, 2.05) is 12.1 Å². The van der Waals surface area contributed by atoms with Gasteiger partial charge >= 0.3 is 141 Å². The van der Waals surface area contributed by atoms with Crippen LogP contribution in [0, 0.1) is 0 Å². The van der Waals surface area contributed by atoms with Gasteiger partial charge in [-0.15, -0.1) is 0 Å². The molecule has 1 aromatic carbocycles. The zero-order valence-electron chi connectivity index (χ0n) is 15.6. The second-order valence-corrected chi connectivity index (χ2v) is 27.4. The van der Waals surface area contributed by atoms with Crippen LogP contribution in [0.15, 0.2) is 12.1 Å². The number of ether oxygens (including phenoxy) is 1. The zero-order valence-corrected chi connectivity index (χ0v) is 19.5. The van der Waals surface area contributed by atoms with Gasteiger partial charge < -0.3 is 0 Å². The molecule has 0 aliphatic rings. The Morgan fingerprint density at radius 1 is 1.14 bits per heavy atom. The van der Waals surface area contributed by atoms with E-state index in [-0.39, 0.29) is 11.6 Å². The molecule has 0 bridgehead atoms. The number of rotatable bonds is 5. The molecule has 0 aliphatic heterocycles. The number of hydrogen-bond donors (Lipinski definition) is 1. The molecular weight excluding hydrogens is 399 g/mol. The number of aliphatic hydroxyl groups is 1. The number of hydrogen-bond acceptors (Lipinski definition) is 3. The standard InChI is InChI=1S/C14H23O3Si.3CH3.Sn/c1-14(2,3)18(5,6)17-12-8-7-11(10-15)9-13(12)16-4;;;;/h7-8,15H,10H2,1-6H3;3*1H3;. The van der Waals surface area contributed by atoms with E-state index in [0.717, 1.165) is 17.1 Å². The summed E-state index contributed by atoms with van der Waals surface area (Å²) < 4.78 is 13.5. The Morgan fingerprint density at radius 2 is 1.68 bits per heavy atom. The summed E-state index contributed by atoms with van der Waals surface area (Å²) in [4.78, 5) is 7.01. The van der Waals surface area contributed by atoms with E-state index in [1.54, 1.807) is 7.11 Å². The van der Waals surface area contributed by atoms with Crippen molar-refractivity contribution in [3.63, 3.8) is 0 Å². The summed E-state index contributed by atoms with van der Waals surface area (Å²) in [6.45, 7) is 11.2. The first-order valence-corrected chi connectivity index (χ1v) is 20.7. The molecule has 0 radical (unpaired) electrons. The van der Waals surface area contributed by atoms with Crippen LogP contribution in [0.1, 0.15) is 26.3 Å². The Hall–Kier alpha value is -0.204. The van der Waals surface area contributed by atoms with Crippen molar-refractivity contribution in [3.8, 4) is 11.5 Å². The predicted molar refractivity (Wildman–Crippen MR) is 99.7 cm³/mol. The van der Waals surface area contributed by atoms with Gasteiger partial charge in [0.1, 0.15) is 0 Å². The first-order chi connectivity index (χ1) is 9.85. The Balaban J connectivity index is 3.46. The van der Waals surface area contributed by atoms with Gasteiger partial charge in [-0.2, -0.15) is 0 Å². The van der Waals surface area contributed by atoms with Crippen molar-refractivity contribution in [2.75, 3.05) is 7.11 Å². The van der Waals surface area contributed by atoms with Crippen molar-refractivity contribution in [3.05, 3.63) is 17.7 Å². The van der Waals surface area contributed by atoms with Gasteiger partial charge in [-0.1, -0.05) is 0 Å². The van der Waals surface area contributed by atoms with Gasteiger partial charge in [0.15, 0.2) is 0 Å². The molecule has 1 aromatic rings. The molecule has 0 aliphatic carbocycles. The third-order valence-corrected chi connectivity index (χ3v) is 14.7. The van der Waals surface area contributed by atoms with Gasteiger partial charge in [-0.3, -0.25) is 0 Å². The summed E-state index contributed by atoms with van der Waals surface area (Å²) in [5.74, 6) is 1.69.